The molecule has 0 amide bonds. The first-order valence-electron chi connectivity index (χ1n) is 5.56. The Labute approximate surface area is 107 Å². The molecule has 0 bridgehead atoms. The SMILES string of the molecule is C[C@@H](CCO)SCCS(=O)(=O)c1ccccc1. The van der Waals surface area contributed by atoms with E-state index >= 15 is 0 Å². The van der Waals surface area contributed by atoms with Crippen LogP contribution in [0.3, 0.4) is 0 Å². The number of rotatable bonds is 7. The summed E-state index contributed by atoms with van der Waals surface area (Å²) in [5, 5.41) is 9.04. The fourth-order valence-electron chi connectivity index (χ4n) is 1.37. The minimum Gasteiger partial charge on any atom is -0.396 e. The van der Waals surface area contributed by atoms with Gasteiger partial charge in [0.25, 0.3) is 0 Å². The summed E-state index contributed by atoms with van der Waals surface area (Å²) in [4.78, 5) is 0.385. The number of benzene rings is 1. The van der Waals surface area contributed by atoms with E-state index in [1.165, 1.54) is 0 Å². The molecule has 0 heterocycles. The molecule has 1 aromatic carbocycles. The van der Waals surface area contributed by atoms with Crippen molar-refractivity contribution in [1.29, 1.82) is 0 Å². The summed E-state index contributed by atoms with van der Waals surface area (Å²) in [5.74, 6) is 0.718. The fraction of sp³-hybridized carbons (Fsp3) is 0.500. The Kier molecular flexibility index (Phi) is 6.02. The summed E-state index contributed by atoms with van der Waals surface area (Å²) in [6.07, 6.45) is 0.704. The van der Waals surface area contributed by atoms with E-state index in [-0.39, 0.29) is 12.4 Å². The molecular weight excluding hydrogens is 256 g/mol. The first-order valence-corrected chi connectivity index (χ1v) is 8.26. The van der Waals surface area contributed by atoms with Crippen LogP contribution in [0, 0.1) is 0 Å². The van der Waals surface area contributed by atoms with E-state index < -0.39 is 9.84 Å². The molecule has 1 N–H and O–H groups in total. The Morgan fingerprint density at radius 3 is 2.53 bits per heavy atom. The lowest BCUT2D eigenvalue weighted by molar-refractivity contribution is 0.289. The molecule has 0 aliphatic carbocycles. The minimum atomic E-state index is -3.15. The van der Waals surface area contributed by atoms with Crippen LogP contribution in [-0.4, -0.2) is 36.9 Å². The molecule has 3 nitrogen and oxygen atoms in total. The molecule has 0 saturated heterocycles. The first kappa shape index (κ1) is 14.5. The normalized spacial score (nSPS) is 13.5. The average Bonchev–Trinajstić information content (AvgIpc) is 2.30. The molecule has 0 aliphatic heterocycles. The van der Waals surface area contributed by atoms with Gasteiger partial charge in [-0.1, -0.05) is 25.1 Å². The van der Waals surface area contributed by atoms with Gasteiger partial charge in [0.05, 0.1) is 10.6 Å². The summed E-state index contributed by atoms with van der Waals surface area (Å²) < 4.78 is 23.8. The number of aliphatic hydroxyl groups is 1. The molecule has 0 saturated carbocycles. The monoisotopic (exact) mass is 274 g/mol. The van der Waals surface area contributed by atoms with Crippen LogP contribution in [0.2, 0.25) is 0 Å². The van der Waals surface area contributed by atoms with Gasteiger partial charge in [-0.2, -0.15) is 11.8 Å². The zero-order valence-corrected chi connectivity index (χ0v) is 11.5. The number of sulfone groups is 1. The number of thioether (sulfide) groups is 1. The summed E-state index contributed by atoms with van der Waals surface area (Å²) in [6.45, 7) is 2.15. The van der Waals surface area contributed by atoms with Crippen molar-refractivity contribution in [2.24, 2.45) is 0 Å². The fourth-order valence-corrected chi connectivity index (χ4v) is 4.11. The second kappa shape index (κ2) is 7.03. The standard InChI is InChI=1S/C12H18O3S2/c1-11(7-8-13)16-9-10-17(14,15)12-5-3-2-4-6-12/h2-6,11,13H,7-10H2,1H3/t11-/m0/s1. The van der Waals surface area contributed by atoms with Gasteiger partial charge in [0.1, 0.15) is 0 Å². The quantitative estimate of drug-likeness (QED) is 0.826. The summed E-state index contributed by atoms with van der Waals surface area (Å²) in [7, 11) is -3.15. The molecule has 0 fully saturated rings. The second-order valence-corrected chi connectivity index (χ2v) is 7.48. The van der Waals surface area contributed by atoms with Crippen molar-refractivity contribution in [3.63, 3.8) is 0 Å². The Morgan fingerprint density at radius 1 is 1.29 bits per heavy atom. The Bertz CT molecular complexity index is 415. The van der Waals surface area contributed by atoms with Gasteiger partial charge >= 0.3 is 0 Å². The lowest BCUT2D eigenvalue weighted by Gasteiger charge is -2.09. The van der Waals surface area contributed by atoms with Gasteiger partial charge in [-0.15, -0.1) is 0 Å². The van der Waals surface area contributed by atoms with E-state index in [9.17, 15) is 8.42 Å². The maximum absolute atomic E-state index is 11.9. The first-order chi connectivity index (χ1) is 8.06. The van der Waals surface area contributed by atoms with Crippen molar-refractivity contribution in [3.05, 3.63) is 30.3 Å². The lowest BCUT2D eigenvalue weighted by atomic mass is 10.3. The van der Waals surface area contributed by atoms with E-state index in [0.717, 1.165) is 0 Å². The smallest absolute Gasteiger partial charge is 0.179 e. The Balaban J connectivity index is 2.46. The maximum atomic E-state index is 11.9. The van der Waals surface area contributed by atoms with Crippen LogP contribution >= 0.6 is 11.8 Å². The topological polar surface area (TPSA) is 54.4 Å². The molecule has 1 rings (SSSR count). The van der Waals surface area contributed by atoms with Crippen LogP contribution in [-0.2, 0) is 9.84 Å². The van der Waals surface area contributed by atoms with Gasteiger partial charge in [0, 0.05) is 17.6 Å². The van der Waals surface area contributed by atoms with Crippen molar-refractivity contribution in [2.75, 3.05) is 18.1 Å². The van der Waals surface area contributed by atoms with Gasteiger partial charge in [-0.3, -0.25) is 0 Å². The Morgan fingerprint density at radius 2 is 1.94 bits per heavy atom. The minimum absolute atomic E-state index is 0.150. The molecule has 0 aliphatic rings. The molecule has 5 heteroatoms. The largest absolute Gasteiger partial charge is 0.396 e. The van der Waals surface area contributed by atoms with Crippen LogP contribution in [0.4, 0.5) is 0 Å². The van der Waals surface area contributed by atoms with E-state index in [0.29, 0.717) is 22.3 Å². The van der Waals surface area contributed by atoms with Crippen LogP contribution in [0.25, 0.3) is 0 Å². The highest BCUT2D eigenvalue weighted by molar-refractivity contribution is 8.01. The van der Waals surface area contributed by atoms with Gasteiger partial charge in [-0.25, -0.2) is 8.42 Å². The van der Waals surface area contributed by atoms with Crippen molar-refractivity contribution >= 4 is 21.6 Å². The molecule has 0 aromatic heterocycles. The molecule has 17 heavy (non-hydrogen) atoms. The van der Waals surface area contributed by atoms with Gasteiger partial charge in [0.2, 0.25) is 0 Å². The highest BCUT2D eigenvalue weighted by atomic mass is 32.2. The molecule has 1 atom stereocenters. The number of aliphatic hydroxyl groups excluding tert-OH is 1. The van der Waals surface area contributed by atoms with E-state index in [4.69, 9.17) is 5.11 Å². The number of hydrogen-bond donors (Lipinski definition) is 1. The van der Waals surface area contributed by atoms with Gasteiger partial charge in [0.15, 0.2) is 9.84 Å². The summed E-state index contributed by atoms with van der Waals surface area (Å²) in [5.41, 5.74) is 0. The van der Waals surface area contributed by atoms with Gasteiger partial charge < -0.3 is 5.11 Å². The zero-order valence-electron chi connectivity index (χ0n) is 9.87. The number of hydrogen-bond acceptors (Lipinski definition) is 4. The van der Waals surface area contributed by atoms with Crippen LogP contribution < -0.4 is 0 Å². The summed E-state index contributed by atoms with van der Waals surface area (Å²) in [6, 6.07) is 8.51. The van der Waals surface area contributed by atoms with Crippen molar-refractivity contribution in [2.45, 2.75) is 23.5 Å². The van der Waals surface area contributed by atoms with Crippen LogP contribution in [0.1, 0.15) is 13.3 Å². The highest BCUT2D eigenvalue weighted by Crippen LogP contribution is 2.17. The zero-order chi connectivity index (χ0) is 12.7. The van der Waals surface area contributed by atoms with Crippen molar-refractivity contribution < 1.29 is 13.5 Å². The lowest BCUT2D eigenvalue weighted by Crippen LogP contribution is -2.11. The summed E-state index contributed by atoms with van der Waals surface area (Å²) >= 11 is 1.58. The second-order valence-electron chi connectivity index (χ2n) is 3.83. The van der Waals surface area contributed by atoms with E-state index in [2.05, 4.69) is 0 Å². The predicted molar refractivity (Wildman–Crippen MR) is 72.1 cm³/mol. The van der Waals surface area contributed by atoms with Crippen molar-refractivity contribution in [3.8, 4) is 0 Å². The maximum Gasteiger partial charge on any atom is 0.179 e. The molecule has 0 radical (unpaired) electrons. The molecular formula is C12H18O3S2. The third kappa shape index (κ3) is 5.10. The van der Waals surface area contributed by atoms with E-state index in [1.807, 2.05) is 6.92 Å². The molecule has 96 valence electrons. The third-order valence-electron chi connectivity index (χ3n) is 2.39. The third-order valence-corrected chi connectivity index (χ3v) is 5.63. The van der Waals surface area contributed by atoms with Crippen molar-refractivity contribution in [1.82, 2.24) is 0 Å². The highest BCUT2D eigenvalue weighted by Gasteiger charge is 2.14. The Hall–Kier alpha value is -0.520. The van der Waals surface area contributed by atoms with Crippen LogP contribution in [0.15, 0.2) is 35.2 Å². The van der Waals surface area contributed by atoms with Gasteiger partial charge in [-0.05, 0) is 18.6 Å². The van der Waals surface area contributed by atoms with Crippen LogP contribution in [0.5, 0.6) is 0 Å². The van der Waals surface area contributed by atoms with E-state index in [1.54, 1.807) is 42.1 Å². The molecule has 0 spiro atoms. The predicted octanol–water partition coefficient (Wildman–Crippen LogP) is 1.96. The molecule has 1 aromatic rings. The molecule has 0 unspecified atom stereocenters. The average molecular weight is 274 g/mol.